The number of pyridine rings is 1. The van der Waals surface area contributed by atoms with E-state index in [1.165, 1.54) is 0 Å². The molecule has 0 aliphatic rings. The van der Waals surface area contributed by atoms with Gasteiger partial charge in [-0.1, -0.05) is 6.92 Å². The van der Waals surface area contributed by atoms with Gasteiger partial charge >= 0.3 is 0 Å². The molecule has 100 valence electrons. The summed E-state index contributed by atoms with van der Waals surface area (Å²) in [5.74, 6) is 2.18. The number of aromatic nitrogens is 3. The molecule has 5 nitrogen and oxygen atoms in total. The molecule has 2 heterocycles. The highest BCUT2D eigenvalue weighted by atomic mass is 16.5. The minimum atomic E-state index is 0.593. The normalized spacial score (nSPS) is 10.2. The van der Waals surface area contributed by atoms with Crippen LogP contribution >= 0.6 is 0 Å². The number of rotatable bonds is 6. The molecule has 0 amide bonds. The van der Waals surface area contributed by atoms with Crippen LogP contribution in [0.15, 0.2) is 30.6 Å². The molecule has 1 N–H and O–H groups in total. The van der Waals surface area contributed by atoms with Gasteiger partial charge in [-0.25, -0.2) is 4.98 Å². The number of aryl methyl sites for hydroxylation is 1. The summed E-state index contributed by atoms with van der Waals surface area (Å²) in [6, 6.07) is 5.75. The molecule has 2 rings (SSSR count). The van der Waals surface area contributed by atoms with E-state index in [-0.39, 0.29) is 0 Å². The van der Waals surface area contributed by atoms with Crippen LogP contribution in [0.4, 0.5) is 5.82 Å². The van der Waals surface area contributed by atoms with Gasteiger partial charge < -0.3 is 10.1 Å². The lowest BCUT2D eigenvalue weighted by Crippen LogP contribution is -2.05. The van der Waals surface area contributed by atoms with E-state index in [1.54, 1.807) is 25.6 Å². The fourth-order valence-electron chi connectivity index (χ4n) is 1.70. The Morgan fingerprint density at radius 2 is 2.00 bits per heavy atom. The molecule has 0 fully saturated rings. The maximum atomic E-state index is 5.19. The molecule has 5 heteroatoms. The minimum absolute atomic E-state index is 0.593. The zero-order chi connectivity index (χ0) is 13.5. The topological polar surface area (TPSA) is 59.9 Å². The smallest absolute Gasteiger partial charge is 0.218 e. The van der Waals surface area contributed by atoms with E-state index in [0.29, 0.717) is 12.4 Å². The van der Waals surface area contributed by atoms with E-state index in [4.69, 9.17) is 4.74 Å². The quantitative estimate of drug-likeness (QED) is 0.862. The third kappa shape index (κ3) is 3.91. The van der Waals surface area contributed by atoms with Gasteiger partial charge in [0, 0.05) is 31.4 Å². The van der Waals surface area contributed by atoms with Crippen LogP contribution in [0.2, 0.25) is 0 Å². The van der Waals surface area contributed by atoms with Gasteiger partial charge in [0.05, 0.1) is 7.11 Å². The van der Waals surface area contributed by atoms with Crippen molar-refractivity contribution in [3.05, 3.63) is 42.0 Å². The van der Waals surface area contributed by atoms with Crippen LogP contribution in [0, 0.1) is 0 Å². The average molecular weight is 258 g/mol. The van der Waals surface area contributed by atoms with Gasteiger partial charge in [0.25, 0.3) is 0 Å². The van der Waals surface area contributed by atoms with Crippen LogP contribution in [0.3, 0.4) is 0 Å². The summed E-state index contributed by atoms with van der Waals surface area (Å²) >= 11 is 0. The molecule has 0 unspecified atom stereocenters. The third-order valence-corrected chi connectivity index (χ3v) is 2.65. The Labute approximate surface area is 113 Å². The summed E-state index contributed by atoms with van der Waals surface area (Å²) in [5.41, 5.74) is 1.16. The van der Waals surface area contributed by atoms with Crippen molar-refractivity contribution >= 4 is 5.82 Å². The van der Waals surface area contributed by atoms with E-state index in [9.17, 15) is 0 Å². The number of nitrogens with one attached hydrogen (secondary N) is 1. The van der Waals surface area contributed by atoms with Crippen LogP contribution in [-0.4, -0.2) is 22.1 Å². The van der Waals surface area contributed by atoms with E-state index < -0.39 is 0 Å². The standard InChI is InChI=1S/C14H18N4O/c1-3-4-12-17-13(9-14(18-12)19-2)16-10-11-5-7-15-8-6-11/h5-9H,3-4,10H2,1-2H3,(H,16,17,18). The molecule has 19 heavy (non-hydrogen) atoms. The molecule has 0 aromatic carbocycles. The lowest BCUT2D eigenvalue weighted by Gasteiger charge is -2.09. The number of hydrogen-bond donors (Lipinski definition) is 1. The van der Waals surface area contributed by atoms with Crippen LogP contribution in [0.1, 0.15) is 24.7 Å². The van der Waals surface area contributed by atoms with Crippen molar-refractivity contribution < 1.29 is 4.74 Å². The van der Waals surface area contributed by atoms with Gasteiger partial charge in [0.15, 0.2) is 0 Å². The van der Waals surface area contributed by atoms with Crippen molar-refractivity contribution in [1.29, 1.82) is 0 Å². The summed E-state index contributed by atoms with van der Waals surface area (Å²) in [7, 11) is 1.62. The molecule has 2 aromatic heterocycles. The average Bonchev–Trinajstić information content (AvgIpc) is 2.46. The van der Waals surface area contributed by atoms with Crippen molar-refractivity contribution in [2.45, 2.75) is 26.3 Å². The number of anilines is 1. The van der Waals surface area contributed by atoms with Crippen molar-refractivity contribution in [3.8, 4) is 5.88 Å². The zero-order valence-electron chi connectivity index (χ0n) is 11.3. The molecule has 0 bridgehead atoms. The largest absolute Gasteiger partial charge is 0.481 e. The van der Waals surface area contributed by atoms with Gasteiger partial charge in [-0.3, -0.25) is 4.98 Å². The first-order valence-electron chi connectivity index (χ1n) is 6.36. The van der Waals surface area contributed by atoms with Crippen LogP contribution < -0.4 is 10.1 Å². The third-order valence-electron chi connectivity index (χ3n) is 2.65. The number of methoxy groups -OCH3 is 1. The van der Waals surface area contributed by atoms with Crippen LogP contribution in [0.25, 0.3) is 0 Å². The van der Waals surface area contributed by atoms with Crippen molar-refractivity contribution in [2.24, 2.45) is 0 Å². The first-order chi connectivity index (χ1) is 9.31. The molecule has 2 aromatic rings. The Kier molecular flexibility index (Phi) is 4.66. The Balaban J connectivity index is 2.08. The van der Waals surface area contributed by atoms with Gasteiger partial charge in [0.1, 0.15) is 11.6 Å². The van der Waals surface area contributed by atoms with E-state index in [0.717, 1.165) is 30.0 Å². The molecule has 0 saturated carbocycles. The lowest BCUT2D eigenvalue weighted by molar-refractivity contribution is 0.395. The predicted octanol–water partition coefficient (Wildman–Crippen LogP) is 2.44. The summed E-state index contributed by atoms with van der Waals surface area (Å²) < 4.78 is 5.19. The second kappa shape index (κ2) is 6.68. The second-order valence-corrected chi connectivity index (χ2v) is 4.17. The van der Waals surface area contributed by atoms with E-state index in [2.05, 4.69) is 27.2 Å². The van der Waals surface area contributed by atoms with E-state index >= 15 is 0 Å². The Morgan fingerprint density at radius 3 is 2.68 bits per heavy atom. The monoisotopic (exact) mass is 258 g/mol. The lowest BCUT2D eigenvalue weighted by atomic mass is 10.3. The highest BCUT2D eigenvalue weighted by molar-refractivity contribution is 5.39. The summed E-state index contributed by atoms with van der Waals surface area (Å²) in [6.07, 6.45) is 5.41. The first kappa shape index (κ1) is 13.3. The summed E-state index contributed by atoms with van der Waals surface area (Å²) in [4.78, 5) is 12.8. The van der Waals surface area contributed by atoms with Crippen LogP contribution in [0.5, 0.6) is 5.88 Å². The minimum Gasteiger partial charge on any atom is -0.481 e. The molecule has 0 aliphatic carbocycles. The fourth-order valence-corrected chi connectivity index (χ4v) is 1.70. The van der Waals surface area contributed by atoms with Gasteiger partial charge in [-0.2, -0.15) is 4.98 Å². The highest BCUT2D eigenvalue weighted by Gasteiger charge is 2.04. The van der Waals surface area contributed by atoms with Crippen molar-refractivity contribution in [2.75, 3.05) is 12.4 Å². The molecular formula is C14H18N4O. The molecule has 0 spiro atoms. The highest BCUT2D eigenvalue weighted by Crippen LogP contribution is 2.14. The fraction of sp³-hybridized carbons (Fsp3) is 0.357. The first-order valence-corrected chi connectivity index (χ1v) is 6.36. The van der Waals surface area contributed by atoms with E-state index in [1.807, 2.05) is 12.1 Å². The van der Waals surface area contributed by atoms with Gasteiger partial charge in [-0.05, 0) is 24.1 Å². The Hall–Kier alpha value is -2.17. The molecule has 0 saturated heterocycles. The number of ether oxygens (including phenoxy) is 1. The molecule has 0 aliphatic heterocycles. The van der Waals surface area contributed by atoms with Crippen LogP contribution in [-0.2, 0) is 13.0 Å². The number of nitrogens with zero attached hydrogens (tertiary/aromatic N) is 3. The molecule has 0 atom stereocenters. The number of hydrogen-bond acceptors (Lipinski definition) is 5. The Bertz CT molecular complexity index is 516. The van der Waals surface area contributed by atoms with Crippen molar-refractivity contribution in [1.82, 2.24) is 15.0 Å². The van der Waals surface area contributed by atoms with Crippen molar-refractivity contribution in [3.63, 3.8) is 0 Å². The van der Waals surface area contributed by atoms with Gasteiger partial charge in [0.2, 0.25) is 5.88 Å². The summed E-state index contributed by atoms with van der Waals surface area (Å²) in [6.45, 7) is 2.81. The maximum absolute atomic E-state index is 5.19. The van der Waals surface area contributed by atoms with Gasteiger partial charge in [-0.15, -0.1) is 0 Å². The second-order valence-electron chi connectivity index (χ2n) is 4.17. The zero-order valence-corrected chi connectivity index (χ0v) is 11.3. The Morgan fingerprint density at radius 1 is 1.21 bits per heavy atom. The molecule has 0 radical (unpaired) electrons. The molecular weight excluding hydrogens is 240 g/mol. The predicted molar refractivity (Wildman–Crippen MR) is 74.1 cm³/mol. The maximum Gasteiger partial charge on any atom is 0.218 e. The SMILES string of the molecule is CCCc1nc(NCc2ccncc2)cc(OC)n1. The summed E-state index contributed by atoms with van der Waals surface area (Å²) in [5, 5.41) is 3.28.